The van der Waals surface area contributed by atoms with Gasteiger partial charge >= 0.3 is 5.97 Å². The zero-order valence-corrected chi connectivity index (χ0v) is 16.8. The highest BCUT2D eigenvalue weighted by Crippen LogP contribution is 2.26. The van der Waals surface area contributed by atoms with Crippen molar-refractivity contribution < 1.29 is 19.1 Å². The quantitative estimate of drug-likeness (QED) is 0.690. The lowest BCUT2D eigenvalue weighted by Gasteiger charge is -2.19. The summed E-state index contributed by atoms with van der Waals surface area (Å²) in [4.78, 5) is 24.4. The summed E-state index contributed by atoms with van der Waals surface area (Å²) >= 11 is 12.0. The molecule has 27 heavy (non-hydrogen) atoms. The maximum Gasteiger partial charge on any atom is 0.311 e. The van der Waals surface area contributed by atoms with Crippen molar-refractivity contribution in [3.63, 3.8) is 0 Å². The van der Waals surface area contributed by atoms with Crippen molar-refractivity contribution in [2.75, 3.05) is 7.11 Å². The number of carbonyl (C=O) groups is 2. The first-order chi connectivity index (χ1) is 12.8. The average Bonchev–Trinajstić information content (AvgIpc) is 2.61. The first-order valence-electron chi connectivity index (χ1n) is 8.38. The summed E-state index contributed by atoms with van der Waals surface area (Å²) in [7, 11) is 1.57. The smallest absolute Gasteiger partial charge is 0.311 e. The standard InChI is InChI=1S/C20H21Cl2NO4/c1-12(17-9-6-15(21)11-18(17)22)23-20(25)13(2)27-19(24)10-14-4-7-16(26-3)8-5-14/h4-9,11-13H,10H2,1-3H3,(H,23,25)/t12-,13-/m1/s1. The lowest BCUT2D eigenvalue weighted by Crippen LogP contribution is -2.37. The van der Waals surface area contributed by atoms with Crippen LogP contribution in [0.25, 0.3) is 0 Å². The molecule has 0 radical (unpaired) electrons. The zero-order chi connectivity index (χ0) is 20.0. The largest absolute Gasteiger partial charge is 0.497 e. The summed E-state index contributed by atoms with van der Waals surface area (Å²) in [5.74, 6) is -0.189. The number of nitrogens with one attached hydrogen (secondary N) is 1. The van der Waals surface area contributed by atoms with E-state index in [-0.39, 0.29) is 12.5 Å². The van der Waals surface area contributed by atoms with Gasteiger partial charge in [0.1, 0.15) is 5.75 Å². The Balaban J connectivity index is 1.89. The molecule has 7 heteroatoms. The molecule has 2 rings (SSSR count). The number of amides is 1. The molecular weight excluding hydrogens is 389 g/mol. The van der Waals surface area contributed by atoms with E-state index in [0.717, 1.165) is 11.1 Å². The number of halogens is 2. The van der Waals surface area contributed by atoms with Crippen LogP contribution >= 0.6 is 23.2 Å². The van der Waals surface area contributed by atoms with Crippen molar-refractivity contribution >= 4 is 35.1 Å². The molecule has 0 spiro atoms. The Morgan fingerprint density at radius 1 is 1.07 bits per heavy atom. The second-order valence-electron chi connectivity index (χ2n) is 6.05. The molecule has 0 heterocycles. The second kappa shape index (κ2) is 9.62. The molecule has 1 amide bonds. The molecule has 5 nitrogen and oxygen atoms in total. The van der Waals surface area contributed by atoms with Crippen LogP contribution in [0.4, 0.5) is 0 Å². The Hall–Kier alpha value is -2.24. The Kier molecular flexibility index (Phi) is 7.51. The molecule has 0 aliphatic rings. The summed E-state index contributed by atoms with van der Waals surface area (Å²) < 4.78 is 10.3. The van der Waals surface area contributed by atoms with Crippen LogP contribution in [0.3, 0.4) is 0 Å². The van der Waals surface area contributed by atoms with Crippen LogP contribution < -0.4 is 10.1 Å². The third-order valence-electron chi connectivity index (χ3n) is 3.97. The molecule has 0 aromatic heterocycles. The van der Waals surface area contributed by atoms with E-state index in [4.69, 9.17) is 32.7 Å². The number of rotatable bonds is 7. The van der Waals surface area contributed by atoms with Gasteiger partial charge in [0, 0.05) is 10.0 Å². The number of hydrogen-bond acceptors (Lipinski definition) is 4. The molecule has 0 fully saturated rings. The summed E-state index contributed by atoms with van der Waals surface area (Å²) in [5, 5.41) is 3.75. The first-order valence-corrected chi connectivity index (χ1v) is 9.13. The minimum absolute atomic E-state index is 0.0696. The summed E-state index contributed by atoms with van der Waals surface area (Å²) in [6, 6.07) is 11.8. The van der Waals surface area contributed by atoms with Crippen molar-refractivity contribution in [2.24, 2.45) is 0 Å². The van der Waals surface area contributed by atoms with Gasteiger partial charge in [-0.1, -0.05) is 41.4 Å². The maximum atomic E-state index is 12.3. The number of benzene rings is 2. The topological polar surface area (TPSA) is 64.6 Å². The minimum Gasteiger partial charge on any atom is -0.497 e. The van der Waals surface area contributed by atoms with Gasteiger partial charge < -0.3 is 14.8 Å². The molecule has 0 unspecified atom stereocenters. The van der Waals surface area contributed by atoms with Crippen LogP contribution in [0.15, 0.2) is 42.5 Å². The monoisotopic (exact) mass is 409 g/mol. The molecule has 2 aromatic rings. The molecule has 2 atom stereocenters. The highest BCUT2D eigenvalue weighted by Gasteiger charge is 2.21. The van der Waals surface area contributed by atoms with Crippen LogP contribution in [0.5, 0.6) is 5.75 Å². The van der Waals surface area contributed by atoms with Gasteiger partial charge in [0.25, 0.3) is 5.91 Å². The fourth-order valence-electron chi connectivity index (χ4n) is 2.46. The van der Waals surface area contributed by atoms with E-state index in [1.54, 1.807) is 56.5 Å². The van der Waals surface area contributed by atoms with Crippen molar-refractivity contribution in [3.8, 4) is 5.75 Å². The fourth-order valence-corrected chi connectivity index (χ4v) is 3.04. The van der Waals surface area contributed by atoms with E-state index in [1.807, 2.05) is 0 Å². The number of carbonyl (C=O) groups excluding carboxylic acids is 2. The van der Waals surface area contributed by atoms with Gasteiger partial charge in [0.05, 0.1) is 19.6 Å². The lowest BCUT2D eigenvalue weighted by atomic mass is 10.1. The number of methoxy groups -OCH3 is 1. The molecule has 2 aromatic carbocycles. The number of ether oxygens (including phenoxy) is 2. The van der Waals surface area contributed by atoms with Gasteiger partial charge in [-0.2, -0.15) is 0 Å². The van der Waals surface area contributed by atoms with Crippen molar-refractivity contribution in [2.45, 2.75) is 32.4 Å². The van der Waals surface area contributed by atoms with Crippen LogP contribution in [0, 0.1) is 0 Å². The minimum atomic E-state index is -0.927. The summed E-state index contributed by atoms with van der Waals surface area (Å²) in [6.45, 7) is 3.32. The van der Waals surface area contributed by atoms with E-state index in [2.05, 4.69) is 5.32 Å². The van der Waals surface area contributed by atoms with E-state index < -0.39 is 18.0 Å². The van der Waals surface area contributed by atoms with Crippen LogP contribution in [0.1, 0.15) is 31.0 Å². The Labute approximate surface area is 168 Å². The molecule has 0 saturated carbocycles. The molecule has 0 saturated heterocycles. The van der Waals surface area contributed by atoms with Gasteiger partial charge in [0.2, 0.25) is 0 Å². The van der Waals surface area contributed by atoms with Crippen LogP contribution in [0.2, 0.25) is 10.0 Å². The van der Waals surface area contributed by atoms with E-state index >= 15 is 0 Å². The maximum absolute atomic E-state index is 12.3. The Morgan fingerprint density at radius 3 is 2.33 bits per heavy atom. The van der Waals surface area contributed by atoms with Gasteiger partial charge in [0.15, 0.2) is 6.10 Å². The molecule has 0 aliphatic heterocycles. The van der Waals surface area contributed by atoms with Crippen molar-refractivity contribution in [3.05, 3.63) is 63.6 Å². The predicted octanol–water partition coefficient (Wildman–Crippen LogP) is 4.35. The Bertz CT molecular complexity index is 808. The van der Waals surface area contributed by atoms with Gasteiger partial charge in [-0.05, 0) is 49.2 Å². The molecule has 0 bridgehead atoms. The van der Waals surface area contributed by atoms with Gasteiger partial charge in [-0.3, -0.25) is 9.59 Å². The third-order valence-corrected chi connectivity index (χ3v) is 4.54. The van der Waals surface area contributed by atoms with Gasteiger partial charge in [-0.25, -0.2) is 0 Å². The van der Waals surface area contributed by atoms with E-state index in [1.165, 1.54) is 6.92 Å². The number of hydrogen-bond donors (Lipinski definition) is 1. The summed E-state index contributed by atoms with van der Waals surface area (Å²) in [6.07, 6.45) is -0.857. The average molecular weight is 410 g/mol. The summed E-state index contributed by atoms with van der Waals surface area (Å²) in [5.41, 5.74) is 1.50. The lowest BCUT2D eigenvalue weighted by molar-refractivity contribution is -0.154. The van der Waals surface area contributed by atoms with E-state index in [0.29, 0.717) is 15.8 Å². The van der Waals surface area contributed by atoms with E-state index in [9.17, 15) is 9.59 Å². The third kappa shape index (κ3) is 6.15. The van der Waals surface area contributed by atoms with Crippen LogP contribution in [-0.2, 0) is 20.7 Å². The molecule has 1 N–H and O–H groups in total. The fraction of sp³-hybridized carbons (Fsp3) is 0.300. The first kappa shape index (κ1) is 21.1. The highest BCUT2D eigenvalue weighted by molar-refractivity contribution is 6.35. The van der Waals surface area contributed by atoms with Gasteiger partial charge in [-0.15, -0.1) is 0 Å². The SMILES string of the molecule is COc1ccc(CC(=O)O[C@H](C)C(=O)N[C@H](C)c2ccc(Cl)cc2Cl)cc1. The highest BCUT2D eigenvalue weighted by atomic mass is 35.5. The second-order valence-corrected chi connectivity index (χ2v) is 6.90. The molecular formula is C20H21Cl2NO4. The zero-order valence-electron chi connectivity index (χ0n) is 15.3. The van der Waals surface area contributed by atoms with Crippen molar-refractivity contribution in [1.82, 2.24) is 5.32 Å². The molecule has 0 aliphatic carbocycles. The van der Waals surface area contributed by atoms with Crippen molar-refractivity contribution in [1.29, 1.82) is 0 Å². The predicted molar refractivity (Wildman–Crippen MR) is 105 cm³/mol. The van der Waals surface area contributed by atoms with Crippen LogP contribution in [-0.4, -0.2) is 25.1 Å². The molecule has 144 valence electrons. The normalized spacial score (nSPS) is 12.8. The number of esters is 1. The Morgan fingerprint density at radius 2 is 1.74 bits per heavy atom.